The Labute approximate surface area is 84.8 Å². The number of esters is 1. The van der Waals surface area contributed by atoms with E-state index in [0.717, 1.165) is 0 Å². The van der Waals surface area contributed by atoms with Crippen molar-refractivity contribution in [2.45, 2.75) is 32.5 Å². The second-order valence-corrected chi connectivity index (χ2v) is 2.89. The molecule has 0 fully saturated rings. The Kier molecular flexibility index (Phi) is 5.10. The number of ether oxygens (including phenoxy) is 1. The van der Waals surface area contributed by atoms with Crippen LogP contribution in [0.3, 0.4) is 0 Å². The number of rotatable bonds is 4. The van der Waals surface area contributed by atoms with Crippen LogP contribution in [-0.2, 0) is 14.3 Å². The van der Waals surface area contributed by atoms with E-state index in [1.807, 2.05) is 0 Å². The van der Waals surface area contributed by atoms with Gasteiger partial charge in [-0.3, -0.25) is 9.59 Å². The van der Waals surface area contributed by atoms with E-state index in [1.165, 1.54) is 5.32 Å². The second-order valence-electron chi connectivity index (χ2n) is 2.89. The van der Waals surface area contributed by atoms with Gasteiger partial charge in [0, 0.05) is 0 Å². The van der Waals surface area contributed by atoms with Crippen LogP contribution in [0, 0.1) is 0 Å². The summed E-state index contributed by atoms with van der Waals surface area (Å²) in [7, 11) is 0. The van der Waals surface area contributed by atoms with Crippen molar-refractivity contribution in [1.29, 1.82) is 0 Å². The lowest BCUT2D eigenvalue weighted by Crippen LogP contribution is -2.40. The summed E-state index contributed by atoms with van der Waals surface area (Å²) in [6.07, 6.45) is -4.80. The van der Waals surface area contributed by atoms with Crippen LogP contribution in [0.4, 0.5) is 13.2 Å². The molecule has 0 aromatic carbocycles. The summed E-state index contributed by atoms with van der Waals surface area (Å²) in [5.74, 6) is -3.04. The van der Waals surface area contributed by atoms with Gasteiger partial charge in [0.1, 0.15) is 6.54 Å². The third-order valence-electron chi connectivity index (χ3n) is 1.56. The zero-order chi connectivity index (χ0) is 12.1. The van der Waals surface area contributed by atoms with Gasteiger partial charge in [0.05, 0.1) is 6.10 Å². The Hall–Kier alpha value is -1.27. The molecule has 7 heteroatoms. The highest BCUT2D eigenvalue weighted by Crippen LogP contribution is 2.13. The van der Waals surface area contributed by atoms with Crippen molar-refractivity contribution >= 4 is 11.9 Å². The maximum atomic E-state index is 11.7. The maximum Gasteiger partial charge on any atom is 0.471 e. The van der Waals surface area contributed by atoms with Crippen LogP contribution in [0.25, 0.3) is 0 Å². The van der Waals surface area contributed by atoms with Crippen LogP contribution in [0.1, 0.15) is 20.3 Å². The van der Waals surface area contributed by atoms with E-state index in [-0.39, 0.29) is 6.10 Å². The van der Waals surface area contributed by atoms with Gasteiger partial charge in [-0.2, -0.15) is 13.2 Å². The molecule has 1 amide bonds. The van der Waals surface area contributed by atoms with Gasteiger partial charge in [-0.1, -0.05) is 6.92 Å². The van der Waals surface area contributed by atoms with Gasteiger partial charge in [0.15, 0.2) is 0 Å². The lowest BCUT2D eigenvalue weighted by atomic mass is 10.3. The molecule has 4 nitrogen and oxygen atoms in total. The van der Waals surface area contributed by atoms with Crippen LogP contribution in [0.2, 0.25) is 0 Å². The lowest BCUT2D eigenvalue weighted by molar-refractivity contribution is -0.174. The van der Waals surface area contributed by atoms with E-state index in [1.54, 1.807) is 13.8 Å². The van der Waals surface area contributed by atoms with Gasteiger partial charge in [0.25, 0.3) is 0 Å². The summed E-state index contributed by atoms with van der Waals surface area (Å²) >= 11 is 0. The Morgan fingerprint density at radius 3 is 2.33 bits per heavy atom. The number of alkyl halides is 3. The van der Waals surface area contributed by atoms with Crippen LogP contribution < -0.4 is 5.32 Å². The summed E-state index contributed by atoms with van der Waals surface area (Å²) in [5.41, 5.74) is 0. The van der Waals surface area contributed by atoms with E-state index in [2.05, 4.69) is 4.74 Å². The number of nitrogens with one attached hydrogen (secondary N) is 1. The van der Waals surface area contributed by atoms with Crippen molar-refractivity contribution in [3.05, 3.63) is 0 Å². The molecule has 0 aliphatic heterocycles. The Morgan fingerprint density at radius 2 is 1.93 bits per heavy atom. The molecule has 0 rings (SSSR count). The third kappa shape index (κ3) is 5.92. The molecule has 1 atom stereocenters. The van der Waals surface area contributed by atoms with Crippen LogP contribution >= 0.6 is 0 Å². The topological polar surface area (TPSA) is 55.4 Å². The summed E-state index contributed by atoms with van der Waals surface area (Å²) in [6, 6.07) is 0. The summed E-state index contributed by atoms with van der Waals surface area (Å²) in [6.45, 7) is 2.58. The molecular formula is C8H12F3NO3. The Morgan fingerprint density at radius 1 is 1.40 bits per heavy atom. The van der Waals surface area contributed by atoms with Crippen molar-refractivity contribution in [2.24, 2.45) is 0 Å². The molecule has 0 saturated heterocycles. The average molecular weight is 227 g/mol. The van der Waals surface area contributed by atoms with Crippen LogP contribution in [-0.4, -0.2) is 30.7 Å². The van der Waals surface area contributed by atoms with Gasteiger partial charge < -0.3 is 10.1 Å². The number of carbonyl (C=O) groups excluding carboxylic acids is 2. The predicted octanol–water partition coefficient (Wildman–Crippen LogP) is 1.01. The first kappa shape index (κ1) is 13.7. The molecular weight excluding hydrogens is 215 g/mol. The largest absolute Gasteiger partial charge is 0.471 e. The lowest BCUT2D eigenvalue weighted by Gasteiger charge is -2.11. The molecule has 0 spiro atoms. The minimum atomic E-state index is -4.98. The van der Waals surface area contributed by atoms with Crippen LogP contribution in [0.15, 0.2) is 0 Å². The molecule has 15 heavy (non-hydrogen) atoms. The zero-order valence-electron chi connectivity index (χ0n) is 8.35. The minimum absolute atomic E-state index is 0.375. The number of halogens is 3. The molecule has 0 bridgehead atoms. The first-order chi connectivity index (χ1) is 6.77. The van der Waals surface area contributed by atoms with Gasteiger partial charge >= 0.3 is 18.1 Å². The molecule has 0 saturated carbocycles. The standard InChI is InChI=1S/C8H12F3NO3/c1-3-5(2)15-6(13)4-12-7(14)8(9,10)11/h5H,3-4H2,1-2H3,(H,12,14). The van der Waals surface area contributed by atoms with Crippen molar-refractivity contribution in [3.63, 3.8) is 0 Å². The fourth-order valence-electron chi connectivity index (χ4n) is 0.602. The average Bonchev–Trinajstić information content (AvgIpc) is 2.12. The summed E-state index contributed by atoms with van der Waals surface area (Å²) in [5, 5.41) is 1.41. The van der Waals surface area contributed by atoms with Crippen molar-refractivity contribution < 1.29 is 27.5 Å². The van der Waals surface area contributed by atoms with E-state index in [9.17, 15) is 22.8 Å². The second kappa shape index (κ2) is 5.57. The minimum Gasteiger partial charge on any atom is -0.461 e. The van der Waals surface area contributed by atoms with E-state index < -0.39 is 24.6 Å². The van der Waals surface area contributed by atoms with Crippen molar-refractivity contribution in [2.75, 3.05) is 6.54 Å². The van der Waals surface area contributed by atoms with Gasteiger partial charge in [-0.15, -0.1) is 0 Å². The van der Waals surface area contributed by atoms with Gasteiger partial charge in [-0.05, 0) is 13.3 Å². The molecule has 0 aliphatic carbocycles. The highest BCUT2D eigenvalue weighted by Gasteiger charge is 2.38. The smallest absolute Gasteiger partial charge is 0.461 e. The fourth-order valence-corrected chi connectivity index (χ4v) is 0.602. The molecule has 0 aromatic rings. The monoisotopic (exact) mass is 227 g/mol. The molecule has 88 valence electrons. The summed E-state index contributed by atoms with van der Waals surface area (Å²) in [4.78, 5) is 21.1. The molecule has 0 aromatic heterocycles. The van der Waals surface area contributed by atoms with Crippen LogP contribution in [0.5, 0.6) is 0 Å². The van der Waals surface area contributed by atoms with Crippen molar-refractivity contribution in [3.8, 4) is 0 Å². The molecule has 0 radical (unpaired) electrons. The number of hydrogen-bond acceptors (Lipinski definition) is 3. The number of amides is 1. The highest BCUT2D eigenvalue weighted by atomic mass is 19.4. The van der Waals surface area contributed by atoms with E-state index >= 15 is 0 Å². The first-order valence-corrected chi connectivity index (χ1v) is 4.31. The van der Waals surface area contributed by atoms with Gasteiger partial charge in [0.2, 0.25) is 0 Å². The summed E-state index contributed by atoms with van der Waals surface area (Å²) < 4.78 is 39.6. The zero-order valence-corrected chi connectivity index (χ0v) is 8.35. The van der Waals surface area contributed by atoms with Gasteiger partial charge in [-0.25, -0.2) is 0 Å². The van der Waals surface area contributed by atoms with E-state index in [4.69, 9.17) is 0 Å². The number of hydrogen-bond donors (Lipinski definition) is 1. The first-order valence-electron chi connectivity index (χ1n) is 4.31. The molecule has 0 aliphatic rings. The fraction of sp³-hybridized carbons (Fsp3) is 0.750. The SMILES string of the molecule is CCC(C)OC(=O)CNC(=O)C(F)(F)F. The third-order valence-corrected chi connectivity index (χ3v) is 1.56. The van der Waals surface area contributed by atoms with E-state index in [0.29, 0.717) is 6.42 Å². The highest BCUT2D eigenvalue weighted by molar-refractivity contribution is 5.85. The van der Waals surface area contributed by atoms with Crippen molar-refractivity contribution in [1.82, 2.24) is 5.32 Å². The normalized spacial score (nSPS) is 13.1. The Bertz CT molecular complexity index is 240. The molecule has 1 unspecified atom stereocenters. The Balaban J connectivity index is 3.87. The maximum absolute atomic E-state index is 11.7. The molecule has 0 heterocycles. The quantitative estimate of drug-likeness (QED) is 0.729. The number of carbonyl (C=O) groups is 2. The predicted molar refractivity (Wildman–Crippen MR) is 44.9 cm³/mol. The molecule has 1 N–H and O–H groups in total.